The maximum absolute atomic E-state index is 3.97. The number of allylic oxidation sites excluding steroid dienone is 1. The quantitative estimate of drug-likeness (QED) is 0.731. The highest BCUT2D eigenvalue weighted by molar-refractivity contribution is 5.53. The molecule has 0 aromatic carbocycles. The smallest absolute Gasteiger partial charge is 0.0562 e. The fourth-order valence-electron chi connectivity index (χ4n) is 1.24. The van der Waals surface area contributed by atoms with E-state index in [0.717, 1.165) is 5.69 Å². The van der Waals surface area contributed by atoms with Gasteiger partial charge in [0.15, 0.2) is 0 Å². The van der Waals surface area contributed by atoms with Crippen molar-refractivity contribution in [1.82, 2.24) is 10.2 Å². The molecule has 0 spiro atoms. The molecule has 1 aromatic rings. The van der Waals surface area contributed by atoms with Gasteiger partial charge in [-0.3, -0.25) is 5.10 Å². The molecule has 0 amide bonds. The first-order valence-corrected chi connectivity index (χ1v) is 4.41. The molecule has 0 bridgehead atoms. The maximum atomic E-state index is 3.97. The van der Waals surface area contributed by atoms with Gasteiger partial charge in [-0.05, 0) is 20.3 Å². The largest absolute Gasteiger partial charge is 0.282 e. The number of aryl methyl sites for hydroxylation is 1. The lowest BCUT2D eigenvalue weighted by Crippen LogP contribution is -1.78. The van der Waals surface area contributed by atoms with E-state index in [9.17, 15) is 0 Å². The molecule has 66 valence electrons. The Morgan fingerprint density at radius 2 is 2.42 bits per heavy atom. The summed E-state index contributed by atoms with van der Waals surface area (Å²) in [6.45, 7) is 6.40. The molecule has 1 heterocycles. The van der Waals surface area contributed by atoms with Crippen molar-refractivity contribution in [3.63, 3.8) is 0 Å². The summed E-state index contributed by atoms with van der Waals surface area (Å²) in [6, 6.07) is 0. The number of nitrogens with one attached hydrogen (secondary N) is 1. The molecule has 2 nitrogen and oxygen atoms in total. The third-order valence-corrected chi connectivity index (χ3v) is 1.92. The summed E-state index contributed by atoms with van der Waals surface area (Å²) in [5.41, 5.74) is 3.77. The summed E-state index contributed by atoms with van der Waals surface area (Å²) in [5, 5.41) is 6.89. The molecule has 1 rings (SSSR count). The zero-order valence-electron chi connectivity index (χ0n) is 8.02. The van der Waals surface area contributed by atoms with E-state index >= 15 is 0 Å². The monoisotopic (exact) mass is 164 g/mol. The van der Waals surface area contributed by atoms with Crippen LogP contribution in [0.15, 0.2) is 11.8 Å². The van der Waals surface area contributed by atoms with Gasteiger partial charge in [-0.1, -0.05) is 25.0 Å². The minimum Gasteiger partial charge on any atom is -0.282 e. The van der Waals surface area contributed by atoms with Gasteiger partial charge in [-0.2, -0.15) is 5.10 Å². The SMILES string of the molecule is CCC/C(C)=C/c1cn[nH]c1C. The number of hydrogen-bond donors (Lipinski definition) is 1. The van der Waals surface area contributed by atoms with Crippen molar-refractivity contribution in [3.05, 3.63) is 23.0 Å². The Labute approximate surface area is 73.7 Å². The first-order valence-electron chi connectivity index (χ1n) is 4.41. The fraction of sp³-hybridized carbons (Fsp3) is 0.500. The molecule has 12 heavy (non-hydrogen) atoms. The summed E-state index contributed by atoms with van der Waals surface area (Å²) in [4.78, 5) is 0. The number of H-pyrrole nitrogens is 1. The Kier molecular flexibility index (Phi) is 3.09. The van der Waals surface area contributed by atoms with Crippen LogP contribution in [0.3, 0.4) is 0 Å². The molecule has 0 aliphatic heterocycles. The molecule has 0 saturated heterocycles. The van der Waals surface area contributed by atoms with Gasteiger partial charge in [0.1, 0.15) is 0 Å². The Bertz CT molecular complexity index is 271. The Morgan fingerprint density at radius 1 is 1.67 bits per heavy atom. The lowest BCUT2D eigenvalue weighted by Gasteiger charge is -1.96. The van der Waals surface area contributed by atoms with Crippen LogP contribution in [0, 0.1) is 6.92 Å². The lowest BCUT2D eigenvalue weighted by atomic mass is 10.1. The van der Waals surface area contributed by atoms with Gasteiger partial charge in [0.05, 0.1) is 6.20 Å². The standard InChI is InChI=1S/C10H16N2/c1-4-5-8(2)6-10-7-11-12-9(10)3/h6-7H,4-5H2,1-3H3,(H,11,12)/b8-6+. The number of hydrogen-bond acceptors (Lipinski definition) is 1. The predicted octanol–water partition coefficient (Wildman–Crippen LogP) is 2.92. The van der Waals surface area contributed by atoms with E-state index in [1.807, 2.05) is 13.1 Å². The molecule has 0 aliphatic rings. The van der Waals surface area contributed by atoms with E-state index < -0.39 is 0 Å². The van der Waals surface area contributed by atoms with Crippen LogP contribution in [0.5, 0.6) is 0 Å². The van der Waals surface area contributed by atoms with Crippen LogP contribution in [0.4, 0.5) is 0 Å². The van der Waals surface area contributed by atoms with E-state index in [4.69, 9.17) is 0 Å². The lowest BCUT2D eigenvalue weighted by molar-refractivity contribution is 0.911. The number of nitrogens with zero attached hydrogens (tertiary/aromatic N) is 1. The van der Waals surface area contributed by atoms with Crippen LogP contribution in [-0.4, -0.2) is 10.2 Å². The first kappa shape index (κ1) is 9.04. The number of aromatic nitrogens is 2. The molecular weight excluding hydrogens is 148 g/mol. The van der Waals surface area contributed by atoms with Gasteiger partial charge in [-0.25, -0.2) is 0 Å². The van der Waals surface area contributed by atoms with Crippen LogP contribution in [0.2, 0.25) is 0 Å². The third-order valence-electron chi connectivity index (χ3n) is 1.92. The van der Waals surface area contributed by atoms with E-state index in [1.165, 1.54) is 24.0 Å². The van der Waals surface area contributed by atoms with E-state index in [2.05, 4.69) is 30.1 Å². The second kappa shape index (κ2) is 4.10. The molecule has 0 aliphatic carbocycles. The van der Waals surface area contributed by atoms with Gasteiger partial charge >= 0.3 is 0 Å². The molecule has 0 atom stereocenters. The van der Waals surface area contributed by atoms with Crippen LogP contribution < -0.4 is 0 Å². The topological polar surface area (TPSA) is 28.7 Å². The number of rotatable bonds is 3. The van der Waals surface area contributed by atoms with Crippen LogP contribution in [0.25, 0.3) is 6.08 Å². The summed E-state index contributed by atoms with van der Waals surface area (Å²) in [6.07, 6.45) is 6.45. The summed E-state index contributed by atoms with van der Waals surface area (Å²) >= 11 is 0. The van der Waals surface area contributed by atoms with Crippen molar-refractivity contribution in [1.29, 1.82) is 0 Å². The van der Waals surface area contributed by atoms with Gasteiger partial charge in [0.25, 0.3) is 0 Å². The summed E-state index contributed by atoms with van der Waals surface area (Å²) in [7, 11) is 0. The van der Waals surface area contributed by atoms with Gasteiger partial charge in [0.2, 0.25) is 0 Å². The molecule has 0 unspecified atom stereocenters. The second-order valence-electron chi connectivity index (χ2n) is 3.19. The van der Waals surface area contributed by atoms with Crippen molar-refractivity contribution in [3.8, 4) is 0 Å². The Hall–Kier alpha value is -1.05. The average molecular weight is 164 g/mol. The predicted molar refractivity (Wildman–Crippen MR) is 51.9 cm³/mol. The second-order valence-corrected chi connectivity index (χ2v) is 3.19. The molecule has 1 aromatic heterocycles. The average Bonchev–Trinajstić information content (AvgIpc) is 2.37. The van der Waals surface area contributed by atoms with Crippen molar-refractivity contribution in [2.75, 3.05) is 0 Å². The minimum absolute atomic E-state index is 1.14. The molecule has 2 heteroatoms. The van der Waals surface area contributed by atoms with Crippen LogP contribution >= 0.6 is 0 Å². The maximum Gasteiger partial charge on any atom is 0.0562 e. The van der Waals surface area contributed by atoms with Crippen molar-refractivity contribution >= 4 is 6.08 Å². The van der Waals surface area contributed by atoms with Crippen molar-refractivity contribution < 1.29 is 0 Å². The van der Waals surface area contributed by atoms with Crippen molar-refractivity contribution in [2.24, 2.45) is 0 Å². The molecule has 0 fully saturated rings. The van der Waals surface area contributed by atoms with E-state index in [0.29, 0.717) is 0 Å². The summed E-state index contributed by atoms with van der Waals surface area (Å²) < 4.78 is 0. The third kappa shape index (κ3) is 2.22. The molecular formula is C10H16N2. The normalized spacial score (nSPS) is 12.1. The van der Waals surface area contributed by atoms with Crippen molar-refractivity contribution in [2.45, 2.75) is 33.6 Å². The molecule has 1 N–H and O–H groups in total. The van der Waals surface area contributed by atoms with Gasteiger partial charge < -0.3 is 0 Å². The van der Waals surface area contributed by atoms with Crippen LogP contribution in [-0.2, 0) is 0 Å². The van der Waals surface area contributed by atoms with Crippen LogP contribution in [0.1, 0.15) is 37.9 Å². The molecule has 0 saturated carbocycles. The zero-order valence-corrected chi connectivity index (χ0v) is 8.02. The summed E-state index contributed by atoms with van der Waals surface area (Å²) in [5.74, 6) is 0. The Balaban J connectivity index is 2.73. The zero-order chi connectivity index (χ0) is 8.97. The minimum atomic E-state index is 1.14. The molecule has 0 radical (unpaired) electrons. The highest BCUT2D eigenvalue weighted by atomic mass is 15.1. The van der Waals surface area contributed by atoms with E-state index in [-0.39, 0.29) is 0 Å². The van der Waals surface area contributed by atoms with Gasteiger partial charge in [0, 0.05) is 11.3 Å². The highest BCUT2D eigenvalue weighted by Gasteiger charge is 1.96. The highest BCUT2D eigenvalue weighted by Crippen LogP contribution is 2.12. The van der Waals surface area contributed by atoms with Gasteiger partial charge in [-0.15, -0.1) is 0 Å². The first-order chi connectivity index (χ1) is 5.74. The number of aromatic amines is 1. The fourth-order valence-corrected chi connectivity index (χ4v) is 1.24. The van der Waals surface area contributed by atoms with E-state index in [1.54, 1.807) is 0 Å². The Morgan fingerprint density at radius 3 is 2.92 bits per heavy atom.